The minimum atomic E-state index is -0.904. The van der Waals surface area contributed by atoms with Crippen LogP contribution in [0, 0.1) is 0 Å². The molecule has 3 atom stereocenters. The number of benzene rings is 1. The molecule has 0 spiro atoms. The third-order valence-corrected chi connectivity index (χ3v) is 4.36. The van der Waals surface area contributed by atoms with Gasteiger partial charge in [-0.1, -0.05) is 12.1 Å². The second-order valence-electron chi connectivity index (χ2n) is 7.47. The van der Waals surface area contributed by atoms with Crippen molar-refractivity contribution in [1.29, 1.82) is 0 Å². The highest BCUT2D eigenvalue weighted by molar-refractivity contribution is 5.87. The van der Waals surface area contributed by atoms with Crippen molar-refractivity contribution in [1.82, 2.24) is 15.1 Å². The molecular weight excluding hydrogens is 318 g/mol. The molecule has 1 aliphatic carbocycles. The van der Waals surface area contributed by atoms with E-state index in [1.165, 1.54) is 0 Å². The van der Waals surface area contributed by atoms with E-state index >= 15 is 0 Å². The number of nitrogens with one attached hydrogen (secondary N) is 1. The molecule has 3 rings (SSSR count). The van der Waals surface area contributed by atoms with Crippen molar-refractivity contribution in [2.75, 3.05) is 0 Å². The molecule has 1 aliphatic rings. The largest absolute Gasteiger partial charge is 0.478 e. The molecule has 1 fully saturated rings. The molecule has 0 amide bonds. The second-order valence-corrected chi connectivity index (χ2v) is 7.47. The lowest BCUT2D eigenvalue weighted by molar-refractivity contribution is -0.134. The zero-order chi connectivity index (χ0) is 18.0. The topological polar surface area (TPSA) is 76.4 Å². The first-order valence-corrected chi connectivity index (χ1v) is 8.56. The van der Waals surface area contributed by atoms with Gasteiger partial charge in [0, 0.05) is 25.0 Å². The fourth-order valence-electron chi connectivity index (χ4n) is 3.24. The van der Waals surface area contributed by atoms with E-state index < -0.39 is 5.97 Å². The van der Waals surface area contributed by atoms with Crippen molar-refractivity contribution in [3.05, 3.63) is 53.9 Å². The molecule has 1 saturated carbocycles. The molecule has 1 aromatic heterocycles. The number of rotatable bonds is 6. The summed E-state index contributed by atoms with van der Waals surface area (Å²) in [6, 6.07) is 9.31. The number of nitrogens with zero attached hydrogens (tertiary/aromatic N) is 2. The van der Waals surface area contributed by atoms with Crippen LogP contribution in [0.3, 0.4) is 0 Å². The second kappa shape index (κ2) is 6.98. The van der Waals surface area contributed by atoms with Crippen LogP contribution < -0.4 is 5.32 Å². The maximum absolute atomic E-state index is 11.1. The minimum absolute atomic E-state index is 0.114. The number of aromatic nitrogens is 2. The van der Waals surface area contributed by atoms with Crippen molar-refractivity contribution in [2.45, 2.75) is 57.5 Å². The number of carboxylic acids is 1. The van der Waals surface area contributed by atoms with Gasteiger partial charge in [-0.15, -0.1) is 0 Å². The summed E-state index contributed by atoms with van der Waals surface area (Å²) in [4.78, 5) is 11.1. The first-order chi connectivity index (χ1) is 11.8. The zero-order valence-corrected chi connectivity index (χ0v) is 14.8. The average molecular weight is 343 g/mol. The van der Waals surface area contributed by atoms with E-state index in [0.29, 0.717) is 12.1 Å². The molecule has 0 radical (unpaired) electrons. The Kier molecular flexibility index (Phi) is 4.92. The highest BCUT2D eigenvalue weighted by atomic mass is 16.5. The molecule has 0 bridgehead atoms. The van der Waals surface area contributed by atoms with Gasteiger partial charge in [0.1, 0.15) is 0 Å². The summed E-state index contributed by atoms with van der Waals surface area (Å²) in [6.45, 7) is 6.80. The number of ether oxygens (including phenoxy) is 1. The Hall–Kier alpha value is -2.18. The lowest BCUT2D eigenvalue weighted by Crippen LogP contribution is -2.56. The maximum Gasteiger partial charge on any atom is 0.335 e. The Morgan fingerprint density at radius 3 is 2.84 bits per heavy atom. The first kappa shape index (κ1) is 17.6. The van der Waals surface area contributed by atoms with Gasteiger partial charge in [-0.3, -0.25) is 4.68 Å². The Morgan fingerprint density at radius 2 is 2.20 bits per heavy atom. The van der Waals surface area contributed by atoms with Crippen LogP contribution in [0.5, 0.6) is 0 Å². The molecule has 0 aliphatic heterocycles. The van der Waals surface area contributed by atoms with Gasteiger partial charge in [0.25, 0.3) is 0 Å². The molecule has 2 aromatic rings. The molecular formula is C19H25N3O3. The Bertz CT molecular complexity index is 722. The van der Waals surface area contributed by atoms with Crippen LogP contribution in [0.4, 0.5) is 0 Å². The van der Waals surface area contributed by atoms with Crippen LogP contribution >= 0.6 is 0 Å². The van der Waals surface area contributed by atoms with E-state index in [9.17, 15) is 4.79 Å². The van der Waals surface area contributed by atoms with Gasteiger partial charge in [-0.05, 0) is 51.0 Å². The average Bonchev–Trinajstić information content (AvgIpc) is 3.02. The predicted octanol–water partition coefficient (Wildman–Crippen LogP) is 2.87. The van der Waals surface area contributed by atoms with Crippen molar-refractivity contribution < 1.29 is 14.6 Å². The molecule has 0 saturated heterocycles. The lowest BCUT2D eigenvalue weighted by atomic mass is 9.82. The van der Waals surface area contributed by atoms with Crippen molar-refractivity contribution >= 4 is 5.97 Å². The molecule has 1 heterocycles. The number of carbonyl (C=O) groups is 1. The van der Waals surface area contributed by atoms with E-state index in [1.54, 1.807) is 24.4 Å². The quantitative estimate of drug-likeness (QED) is 0.843. The number of hydrogen-bond acceptors (Lipinski definition) is 4. The Labute approximate surface area is 147 Å². The minimum Gasteiger partial charge on any atom is -0.478 e. The molecule has 25 heavy (non-hydrogen) atoms. The smallest absolute Gasteiger partial charge is 0.335 e. The summed E-state index contributed by atoms with van der Waals surface area (Å²) >= 11 is 0. The first-order valence-electron chi connectivity index (χ1n) is 8.56. The molecule has 6 heteroatoms. The van der Waals surface area contributed by atoms with E-state index in [1.807, 2.05) is 23.0 Å². The number of hydrogen-bond donors (Lipinski definition) is 2. The fourth-order valence-corrected chi connectivity index (χ4v) is 3.24. The summed E-state index contributed by atoms with van der Waals surface area (Å²) in [6.07, 6.45) is 4.76. The Morgan fingerprint density at radius 1 is 1.40 bits per heavy atom. The fraction of sp³-hybridized carbons (Fsp3) is 0.474. The number of carboxylic acid groups (broad SMARTS) is 1. The van der Waals surface area contributed by atoms with Crippen LogP contribution in [0.15, 0.2) is 42.7 Å². The lowest BCUT2D eigenvalue weighted by Gasteiger charge is -2.47. The van der Waals surface area contributed by atoms with E-state index in [4.69, 9.17) is 9.84 Å². The van der Waals surface area contributed by atoms with E-state index in [-0.39, 0.29) is 23.8 Å². The van der Waals surface area contributed by atoms with Gasteiger partial charge in [0.2, 0.25) is 0 Å². The van der Waals surface area contributed by atoms with E-state index in [2.05, 4.69) is 31.2 Å². The third kappa shape index (κ3) is 4.27. The molecule has 3 unspecified atom stereocenters. The maximum atomic E-state index is 11.1. The molecule has 1 aromatic carbocycles. The third-order valence-electron chi connectivity index (χ3n) is 4.36. The van der Waals surface area contributed by atoms with Crippen molar-refractivity contribution in [2.24, 2.45) is 0 Å². The molecule has 134 valence electrons. The van der Waals surface area contributed by atoms with Crippen molar-refractivity contribution in [3.63, 3.8) is 0 Å². The highest BCUT2D eigenvalue weighted by Crippen LogP contribution is 2.37. The summed E-state index contributed by atoms with van der Waals surface area (Å²) in [5.41, 5.74) is 1.07. The van der Waals surface area contributed by atoms with Crippen LogP contribution in [-0.4, -0.2) is 38.6 Å². The zero-order valence-electron chi connectivity index (χ0n) is 14.8. The van der Waals surface area contributed by atoms with E-state index in [0.717, 1.165) is 12.0 Å². The summed E-state index contributed by atoms with van der Waals surface area (Å²) < 4.78 is 8.11. The van der Waals surface area contributed by atoms with Gasteiger partial charge in [-0.25, -0.2) is 4.79 Å². The monoisotopic (exact) mass is 343 g/mol. The van der Waals surface area contributed by atoms with Gasteiger partial charge < -0.3 is 15.2 Å². The predicted molar refractivity (Wildman–Crippen MR) is 94.5 cm³/mol. The van der Waals surface area contributed by atoms with Gasteiger partial charge in [0.15, 0.2) is 0 Å². The Balaban J connectivity index is 1.66. The van der Waals surface area contributed by atoms with Crippen LogP contribution in [0.1, 0.15) is 49.2 Å². The van der Waals surface area contributed by atoms with Crippen LogP contribution in [0.2, 0.25) is 0 Å². The molecule has 6 nitrogen and oxygen atoms in total. The number of aromatic carboxylic acids is 1. The standard InChI is InChI=1S/C19H25N3O3/c1-19(2,3)25-16-11-15(17(16)22-9-5-8-21-22)20-12-13-6-4-7-14(10-13)18(23)24/h4-10,15-17,20H,11-12H2,1-3H3,(H,23,24). The highest BCUT2D eigenvalue weighted by Gasteiger charge is 2.45. The van der Waals surface area contributed by atoms with Gasteiger partial charge in [-0.2, -0.15) is 5.10 Å². The normalized spacial score (nSPS) is 23.2. The summed E-state index contributed by atoms with van der Waals surface area (Å²) in [5, 5.41) is 17.0. The van der Waals surface area contributed by atoms with Crippen LogP contribution in [0.25, 0.3) is 0 Å². The van der Waals surface area contributed by atoms with Gasteiger partial charge >= 0.3 is 5.97 Å². The molecule has 2 N–H and O–H groups in total. The van der Waals surface area contributed by atoms with Crippen molar-refractivity contribution in [3.8, 4) is 0 Å². The summed E-state index contributed by atoms with van der Waals surface area (Å²) in [5.74, 6) is -0.904. The SMILES string of the molecule is CC(C)(C)OC1CC(NCc2cccc(C(=O)O)c2)C1n1cccn1. The van der Waals surface area contributed by atoms with Crippen LogP contribution in [-0.2, 0) is 11.3 Å². The van der Waals surface area contributed by atoms with Gasteiger partial charge in [0.05, 0.1) is 23.3 Å². The summed E-state index contributed by atoms with van der Waals surface area (Å²) in [7, 11) is 0.